The molecule has 0 bridgehead atoms. The summed E-state index contributed by atoms with van der Waals surface area (Å²) in [5, 5.41) is 5.69. The monoisotopic (exact) mass is 508 g/mol. The topological polar surface area (TPSA) is 77.8 Å². The van der Waals surface area contributed by atoms with Gasteiger partial charge in [-0.1, -0.05) is 0 Å². The molecule has 4 aliphatic heterocycles. The van der Waals surface area contributed by atoms with Gasteiger partial charge in [-0.3, -0.25) is 4.90 Å². The van der Waals surface area contributed by atoms with Gasteiger partial charge in [-0.25, -0.2) is 9.07 Å². The van der Waals surface area contributed by atoms with Crippen molar-refractivity contribution in [2.75, 3.05) is 64.6 Å². The fraction of sp³-hybridized carbons (Fsp3) is 0.593. The predicted octanol–water partition coefficient (Wildman–Crippen LogP) is 2.89. The van der Waals surface area contributed by atoms with Crippen molar-refractivity contribution in [1.82, 2.24) is 24.6 Å². The molecular formula is C27H33FN6O3. The van der Waals surface area contributed by atoms with E-state index < -0.39 is 6.17 Å². The maximum atomic E-state index is 15.5. The van der Waals surface area contributed by atoms with Crippen molar-refractivity contribution in [3.63, 3.8) is 0 Å². The average Bonchev–Trinajstić information content (AvgIpc) is 3.47. The molecule has 4 aliphatic rings. The van der Waals surface area contributed by atoms with E-state index in [4.69, 9.17) is 14.2 Å². The first-order valence-electron chi connectivity index (χ1n) is 13.2. The van der Waals surface area contributed by atoms with E-state index in [0.717, 1.165) is 86.8 Å². The van der Waals surface area contributed by atoms with Gasteiger partial charge < -0.3 is 19.1 Å². The van der Waals surface area contributed by atoms with E-state index in [1.807, 2.05) is 16.9 Å². The van der Waals surface area contributed by atoms with E-state index in [-0.39, 0.29) is 11.3 Å². The van der Waals surface area contributed by atoms with Crippen molar-refractivity contribution in [3.05, 3.63) is 35.5 Å². The summed E-state index contributed by atoms with van der Waals surface area (Å²) in [7, 11) is 1.58. The molecule has 2 aromatic heterocycles. The Bertz CT molecular complexity index is 1320. The summed E-state index contributed by atoms with van der Waals surface area (Å²) in [6.07, 6.45) is 2.83. The van der Waals surface area contributed by atoms with Gasteiger partial charge in [0.05, 0.1) is 51.3 Å². The first kappa shape index (κ1) is 23.3. The predicted molar refractivity (Wildman–Crippen MR) is 136 cm³/mol. The molecule has 196 valence electrons. The fourth-order valence-electron chi connectivity index (χ4n) is 6.35. The molecule has 1 aromatic carbocycles. The molecule has 0 N–H and O–H groups in total. The molecule has 10 heteroatoms. The number of benzene rings is 1. The highest BCUT2D eigenvalue weighted by Gasteiger charge is 2.45. The quantitative estimate of drug-likeness (QED) is 0.521. The van der Waals surface area contributed by atoms with Crippen LogP contribution in [0.15, 0.2) is 24.4 Å². The third-order valence-electron chi connectivity index (χ3n) is 8.72. The van der Waals surface area contributed by atoms with Crippen molar-refractivity contribution in [1.29, 1.82) is 0 Å². The Balaban J connectivity index is 1.22. The maximum Gasteiger partial charge on any atom is 0.320 e. The molecular weight excluding hydrogens is 475 g/mol. The van der Waals surface area contributed by atoms with Crippen LogP contribution in [0.4, 0.5) is 10.2 Å². The van der Waals surface area contributed by atoms with E-state index in [1.54, 1.807) is 7.11 Å². The van der Waals surface area contributed by atoms with E-state index >= 15 is 4.39 Å². The second kappa shape index (κ2) is 8.89. The van der Waals surface area contributed by atoms with Crippen molar-refractivity contribution in [2.24, 2.45) is 5.41 Å². The lowest BCUT2D eigenvalue weighted by Gasteiger charge is -2.43. The second-order valence-corrected chi connectivity index (χ2v) is 11.2. The van der Waals surface area contributed by atoms with Crippen LogP contribution in [-0.4, -0.2) is 96.6 Å². The minimum atomic E-state index is -0.911. The molecule has 3 aromatic rings. The van der Waals surface area contributed by atoms with Crippen LogP contribution in [-0.2, 0) is 9.47 Å². The number of ether oxygens (including phenoxy) is 3. The van der Waals surface area contributed by atoms with Crippen molar-refractivity contribution >= 4 is 16.7 Å². The van der Waals surface area contributed by atoms with Gasteiger partial charge in [-0.05, 0) is 49.6 Å². The highest BCUT2D eigenvalue weighted by Crippen LogP contribution is 2.40. The number of halogens is 1. The molecule has 7 rings (SSSR count). The van der Waals surface area contributed by atoms with Crippen molar-refractivity contribution < 1.29 is 18.6 Å². The Morgan fingerprint density at radius 1 is 1.08 bits per heavy atom. The third-order valence-corrected chi connectivity index (χ3v) is 8.72. The number of rotatable bonds is 5. The molecule has 0 radical (unpaired) electrons. The number of fused-ring (bicyclic) bond motifs is 1. The van der Waals surface area contributed by atoms with Crippen molar-refractivity contribution in [2.45, 2.75) is 37.9 Å². The fourth-order valence-corrected chi connectivity index (χ4v) is 6.35. The number of piperidine rings is 1. The third kappa shape index (κ3) is 3.97. The van der Waals surface area contributed by atoms with Gasteiger partial charge in [-0.2, -0.15) is 15.1 Å². The number of hydrogen-bond acceptors (Lipinski definition) is 8. The number of likely N-dealkylation sites (tertiary alicyclic amines) is 1. The Labute approximate surface area is 215 Å². The molecule has 4 saturated heterocycles. The molecule has 2 atom stereocenters. The van der Waals surface area contributed by atoms with Crippen LogP contribution in [0.3, 0.4) is 0 Å². The first-order valence-corrected chi connectivity index (χ1v) is 13.2. The average molecular weight is 509 g/mol. The van der Waals surface area contributed by atoms with Crippen LogP contribution < -0.4 is 9.64 Å². The number of alkyl halides is 1. The summed E-state index contributed by atoms with van der Waals surface area (Å²) in [6.45, 7) is 8.34. The van der Waals surface area contributed by atoms with Crippen LogP contribution in [0.2, 0.25) is 0 Å². The molecule has 0 amide bonds. The number of aryl methyl sites for hydroxylation is 1. The number of methoxy groups -OCH3 is 1. The minimum absolute atomic E-state index is 0.133. The van der Waals surface area contributed by atoms with Crippen LogP contribution in [0.1, 0.15) is 29.9 Å². The summed E-state index contributed by atoms with van der Waals surface area (Å²) in [5.74, 6) is 1.35. The highest BCUT2D eigenvalue weighted by atomic mass is 19.1. The SMILES string of the molecule is COc1nc(N2CCC3(COC3)C2)cc(-n2ncc3cc(C)c(C4CCN(C5COC5)CC4F)cc32)n1. The smallest absolute Gasteiger partial charge is 0.320 e. The summed E-state index contributed by atoms with van der Waals surface area (Å²) in [4.78, 5) is 13.8. The Morgan fingerprint density at radius 2 is 1.92 bits per heavy atom. The lowest BCUT2D eigenvalue weighted by atomic mass is 9.84. The lowest BCUT2D eigenvalue weighted by Crippen LogP contribution is -2.54. The summed E-state index contributed by atoms with van der Waals surface area (Å²) >= 11 is 0. The van der Waals surface area contributed by atoms with Gasteiger partial charge in [0.2, 0.25) is 0 Å². The zero-order valence-electron chi connectivity index (χ0n) is 21.4. The first-order chi connectivity index (χ1) is 18.0. The number of nitrogens with zero attached hydrogens (tertiary/aromatic N) is 6. The van der Waals surface area contributed by atoms with E-state index in [1.165, 1.54) is 0 Å². The van der Waals surface area contributed by atoms with E-state index in [9.17, 15) is 0 Å². The highest BCUT2D eigenvalue weighted by molar-refractivity contribution is 5.82. The van der Waals surface area contributed by atoms with E-state index in [2.05, 4.69) is 43.9 Å². The van der Waals surface area contributed by atoms with Gasteiger partial charge in [0.15, 0.2) is 5.82 Å². The van der Waals surface area contributed by atoms with Gasteiger partial charge >= 0.3 is 6.01 Å². The van der Waals surface area contributed by atoms with Gasteiger partial charge in [0, 0.05) is 42.4 Å². The zero-order valence-corrected chi connectivity index (χ0v) is 21.4. The van der Waals surface area contributed by atoms with Gasteiger partial charge in [0.1, 0.15) is 12.0 Å². The molecule has 37 heavy (non-hydrogen) atoms. The lowest BCUT2D eigenvalue weighted by molar-refractivity contribution is -0.0985. The Morgan fingerprint density at radius 3 is 2.59 bits per heavy atom. The standard InChI is InChI=1S/C27H33FN6O3/c1-17-7-18-10-29-34(23(18)8-21(17)20-3-5-32(11-22(20)28)19-12-36-13-19)25-9-24(30-26(31-25)35-2)33-6-4-27(14-33)15-37-16-27/h7-10,19-20,22H,3-6,11-16H2,1-2H3. The number of anilines is 1. The molecule has 0 aliphatic carbocycles. The Hall–Kier alpha value is -2.82. The molecule has 0 saturated carbocycles. The summed E-state index contributed by atoms with van der Waals surface area (Å²) in [5.41, 5.74) is 3.32. The van der Waals surface area contributed by atoms with Gasteiger partial charge in [-0.15, -0.1) is 0 Å². The van der Waals surface area contributed by atoms with Crippen LogP contribution in [0.5, 0.6) is 6.01 Å². The van der Waals surface area contributed by atoms with Crippen LogP contribution in [0, 0.1) is 12.3 Å². The molecule has 6 heterocycles. The minimum Gasteiger partial charge on any atom is -0.467 e. The van der Waals surface area contributed by atoms with Crippen LogP contribution >= 0.6 is 0 Å². The van der Waals surface area contributed by atoms with Crippen LogP contribution in [0.25, 0.3) is 16.7 Å². The number of hydrogen-bond donors (Lipinski definition) is 0. The zero-order chi connectivity index (χ0) is 25.1. The second-order valence-electron chi connectivity index (χ2n) is 11.2. The molecule has 4 fully saturated rings. The maximum absolute atomic E-state index is 15.5. The van der Waals surface area contributed by atoms with Crippen molar-refractivity contribution in [3.8, 4) is 11.8 Å². The number of aromatic nitrogens is 4. The molecule has 9 nitrogen and oxygen atoms in total. The van der Waals surface area contributed by atoms with E-state index in [0.29, 0.717) is 24.4 Å². The molecule has 2 unspecified atom stereocenters. The summed E-state index contributed by atoms with van der Waals surface area (Å²) in [6, 6.07) is 6.89. The Kier molecular flexibility index (Phi) is 5.60. The summed E-state index contributed by atoms with van der Waals surface area (Å²) < 4.78 is 33.6. The molecule has 1 spiro atoms. The largest absolute Gasteiger partial charge is 0.467 e. The normalized spacial score (nSPS) is 26.0. The van der Waals surface area contributed by atoms with Gasteiger partial charge in [0.25, 0.3) is 0 Å².